The zero-order chi connectivity index (χ0) is 51.3. The molecule has 9 heteroatoms. The van der Waals surface area contributed by atoms with Gasteiger partial charge in [0.25, 0.3) is 7.82 Å². The molecule has 0 bridgehead atoms. The molecule has 0 rings (SSSR count). The smallest absolute Gasteiger partial charge is 0.268 e. The minimum absolute atomic E-state index is 0.00218. The van der Waals surface area contributed by atoms with Crippen LogP contribution in [0.1, 0.15) is 245 Å². The number of hydrogen-bond donors (Lipinski definition) is 2. The van der Waals surface area contributed by atoms with Crippen LogP contribution >= 0.6 is 7.82 Å². The van der Waals surface area contributed by atoms with Crippen molar-refractivity contribution >= 4 is 13.7 Å². The predicted octanol–water partition coefficient (Wildman–Crippen LogP) is 17.0. The van der Waals surface area contributed by atoms with E-state index in [0.717, 1.165) is 77.0 Å². The Labute approximate surface area is 433 Å². The monoisotopic (exact) mass is 999 g/mol. The van der Waals surface area contributed by atoms with E-state index < -0.39 is 20.0 Å². The van der Waals surface area contributed by atoms with E-state index in [1.165, 1.54) is 148 Å². The molecule has 0 heterocycles. The van der Waals surface area contributed by atoms with Crippen molar-refractivity contribution in [2.24, 2.45) is 0 Å². The summed E-state index contributed by atoms with van der Waals surface area (Å²) in [7, 11) is 1.26. The van der Waals surface area contributed by atoms with Gasteiger partial charge in [0.1, 0.15) is 13.2 Å². The van der Waals surface area contributed by atoms with Crippen LogP contribution in [0, 0.1) is 0 Å². The molecule has 0 aliphatic rings. The molecule has 3 unspecified atom stereocenters. The van der Waals surface area contributed by atoms with Gasteiger partial charge in [0.05, 0.1) is 39.9 Å². The summed E-state index contributed by atoms with van der Waals surface area (Å²) in [4.78, 5) is 25.3. The molecule has 0 saturated carbocycles. The second-order valence-corrected chi connectivity index (χ2v) is 22.0. The van der Waals surface area contributed by atoms with E-state index in [9.17, 15) is 19.4 Å². The van der Waals surface area contributed by atoms with Crippen LogP contribution in [0.15, 0.2) is 85.1 Å². The van der Waals surface area contributed by atoms with Gasteiger partial charge in [0.15, 0.2) is 0 Å². The van der Waals surface area contributed by atoms with Crippen molar-refractivity contribution in [3.05, 3.63) is 85.1 Å². The van der Waals surface area contributed by atoms with E-state index in [0.29, 0.717) is 17.4 Å². The number of rotatable bonds is 52. The largest absolute Gasteiger partial charge is 0.756 e. The number of hydrogen-bond acceptors (Lipinski definition) is 6. The van der Waals surface area contributed by atoms with Crippen molar-refractivity contribution in [1.29, 1.82) is 0 Å². The fourth-order valence-corrected chi connectivity index (χ4v) is 8.82. The lowest BCUT2D eigenvalue weighted by atomic mass is 10.0. The van der Waals surface area contributed by atoms with Gasteiger partial charge in [-0.25, -0.2) is 0 Å². The minimum Gasteiger partial charge on any atom is -0.756 e. The van der Waals surface area contributed by atoms with E-state index in [1.807, 2.05) is 27.2 Å². The highest BCUT2D eigenvalue weighted by Gasteiger charge is 2.23. The van der Waals surface area contributed by atoms with Gasteiger partial charge in [-0.3, -0.25) is 9.36 Å². The topological polar surface area (TPSA) is 108 Å². The summed E-state index contributed by atoms with van der Waals surface area (Å²) in [5.74, 6) is -0.200. The molecule has 70 heavy (non-hydrogen) atoms. The molecule has 1 amide bonds. The molecule has 0 saturated heterocycles. The lowest BCUT2D eigenvalue weighted by Crippen LogP contribution is -2.45. The van der Waals surface area contributed by atoms with E-state index in [-0.39, 0.29) is 19.1 Å². The summed E-state index contributed by atoms with van der Waals surface area (Å²) in [5.41, 5.74) is 0. The number of unbranched alkanes of at least 4 members (excludes halogenated alkanes) is 27. The highest BCUT2D eigenvalue weighted by Crippen LogP contribution is 2.38. The third kappa shape index (κ3) is 53.5. The van der Waals surface area contributed by atoms with Crippen molar-refractivity contribution in [3.8, 4) is 0 Å². The minimum atomic E-state index is -4.59. The first-order chi connectivity index (χ1) is 34.0. The summed E-state index contributed by atoms with van der Waals surface area (Å²) in [6.07, 6.45) is 72.6. The van der Waals surface area contributed by atoms with E-state index in [1.54, 1.807) is 6.08 Å². The highest BCUT2D eigenvalue weighted by atomic mass is 31.2. The number of carbonyl (C=O) groups is 1. The van der Waals surface area contributed by atoms with Gasteiger partial charge in [-0.2, -0.15) is 0 Å². The fraction of sp³-hybridized carbons (Fsp3) is 0.754. The van der Waals surface area contributed by atoms with Crippen LogP contribution in [0.4, 0.5) is 0 Å². The maximum Gasteiger partial charge on any atom is 0.268 e. The zero-order valence-corrected chi connectivity index (χ0v) is 47.1. The molecular weight excluding hydrogens is 888 g/mol. The molecule has 0 aliphatic carbocycles. The molecule has 3 atom stereocenters. The predicted molar refractivity (Wildman–Crippen MR) is 302 cm³/mol. The molecule has 0 aromatic heterocycles. The molecule has 0 aliphatic heterocycles. The Kier molecular flexibility index (Phi) is 49.9. The molecule has 2 N–H and O–H groups in total. The number of phosphoric ester groups is 1. The normalized spacial score (nSPS) is 14.6. The van der Waals surface area contributed by atoms with Gasteiger partial charge in [0, 0.05) is 6.42 Å². The van der Waals surface area contributed by atoms with Crippen LogP contribution in [0.25, 0.3) is 0 Å². The average Bonchev–Trinajstić information content (AvgIpc) is 3.32. The standard InChI is InChI=1S/C61H111N2O6P/c1-6-8-10-12-14-16-17-18-19-20-21-22-23-24-25-26-27-28-29-30-31-32-33-34-35-36-37-38-39-40-41-42-43-44-45-47-49-51-53-55-61(65)62-59(58-69-70(66,67)68-57-56-63(3,4)5)60(64)54-52-50-48-46-15-13-11-9-7-2/h8,10,14,16,18-19,21-22,24-25,27-28,52,54,59-60,64H,6-7,9,11-13,15,17,20,23,26,29-51,53,55-58H2,1-5H3,(H-,62,65,66,67)/b10-8-,16-14-,19-18-,22-21-,25-24-,28-27-,54-52+. The molecule has 0 fully saturated rings. The number of aliphatic hydroxyl groups excluding tert-OH is 1. The fourth-order valence-electron chi connectivity index (χ4n) is 8.10. The van der Waals surface area contributed by atoms with Gasteiger partial charge in [-0.05, 0) is 70.6 Å². The van der Waals surface area contributed by atoms with Crippen LogP contribution in [0.5, 0.6) is 0 Å². The number of likely N-dealkylation sites (N-methyl/N-ethyl adjacent to an activating group) is 1. The molecule has 0 spiro atoms. The van der Waals surface area contributed by atoms with Crippen LogP contribution < -0.4 is 10.2 Å². The zero-order valence-electron chi connectivity index (χ0n) is 46.2. The molecule has 0 aromatic rings. The molecule has 8 nitrogen and oxygen atoms in total. The second kappa shape index (κ2) is 51.6. The lowest BCUT2D eigenvalue weighted by molar-refractivity contribution is -0.870. The number of nitrogens with one attached hydrogen (secondary N) is 1. The number of nitrogens with zero attached hydrogens (tertiary/aromatic N) is 1. The number of quaternary nitrogens is 1. The van der Waals surface area contributed by atoms with Crippen molar-refractivity contribution in [2.45, 2.75) is 257 Å². The number of phosphoric acid groups is 1. The van der Waals surface area contributed by atoms with Gasteiger partial charge in [-0.1, -0.05) is 253 Å². The van der Waals surface area contributed by atoms with Crippen LogP contribution in [-0.4, -0.2) is 68.5 Å². The third-order valence-electron chi connectivity index (χ3n) is 12.6. The van der Waals surface area contributed by atoms with Crippen molar-refractivity contribution in [3.63, 3.8) is 0 Å². The molecule has 406 valence electrons. The van der Waals surface area contributed by atoms with Gasteiger partial charge in [0.2, 0.25) is 5.91 Å². The summed E-state index contributed by atoms with van der Waals surface area (Å²) in [5, 5.41) is 13.8. The highest BCUT2D eigenvalue weighted by molar-refractivity contribution is 7.45. The summed E-state index contributed by atoms with van der Waals surface area (Å²) < 4.78 is 23.2. The lowest BCUT2D eigenvalue weighted by Gasteiger charge is -2.29. The van der Waals surface area contributed by atoms with Crippen molar-refractivity contribution < 1.29 is 32.9 Å². The van der Waals surface area contributed by atoms with E-state index in [2.05, 4.69) is 92.1 Å². The Morgan fingerprint density at radius 2 is 0.871 bits per heavy atom. The molecular formula is C61H111N2O6P. The first-order valence-electron chi connectivity index (χ1n) is 28.9. The maximum atomic E-state index is 12.9. The first-order valence-corrected chi connectivity index (χ1v) is 30.4. The van der Waals surface area contributed by atoms with Crippen LogP contribution in [0.2, 0.25) is 0 Å². The summed E-state index contributed by atoms with van der Waals surface area (Å²) >= 11 is 0. The quantitative estimate of drug-likeness (QED) is 0.0272. The van der Waals surface area contributed by atoms with Crippen LogP contribution in [-0.2, 0) is 18.4 Å². The Bertz CT molecular complexity index is 1410. The number of aliphatic hydroxyl groups is 1. The third-order valence-corrected chi connectivity index (χ3v) is 13.6. The van der Waals surface area contributed by atoms with Crippen molar-refractivity contribution in [2.75, 3.05) is 40.9 Å². The van der Waals surface area contributed by atoms with Crippen LogP contribution in [0.3, 0.4) is 0 Å². The number of allylic oxidation sites excluding steroid dienone is 13. The second-order valence-electron chi connectivity index (χ2n) is 20.6. The maximum absolute atomic E-state index is 12.9. The van der Waals surface area contributed by atoms with Gasteiger partial charge in [-0.15, -0.1) is 0 Å². The van der Waals surface area contributed by atoms with E-state index >= 15 is 0 Å². The van der Waals surface area contributed by atoms with Gasteiger partial charge >= 0.3 is 0 Å². The Hall–Kier alpha value is -2.32. The Morgan fingerprint density at radius 1 is 0.514 bits per heavy atom. The Balaban J connectivity index is 3.87. The summed E-state index contributed by atoms with van der Waals surface area (Å²) in [6.45, 7) is 4.50. The van der Waals surface area contributed by atoms with Gasteiger partial charge < -0.3 is 28.8 Å². The average molecular weight is 1000 g/mol. The number of carbonyl (C=O) groups excluding carboxylic acids is 1. The molecule has 0 radical (unpaired) electrons. The Morgan fingerprint density at radius 3 is 1.27 bits per heavy atom. The number of amides is 1. The SMILES string of the molecule is CC/C=C\C/C=C\C/C=C\C/C=C\C/C=C\C/C=C\CCCCCCCCCCCCCCCCCCCCCCC(=O)NC(COP(=O)([O-])OCC[N+](C)(C)C)C(O)/C=C/CCCCCCCCC. The van der Waals surface area contributed by atoms with Crippen molar-refractivity contribution in [1.82, 2.24) is 5.32 Å². The first kappa shape index (κ1) is 67.7. The van der Waals surface area contributed by atoms with E-state index in [4.69, 9.17) is 9.05 Å². The summed E-state index contributed by atoms with van der Waals surface area (Å²) in [6, 6.07) is -0.885. The molecule has 0 aromatic carbocycles.